The van der Waals surface area contributed by atoms with Gasteiger partial charge in [0.15, 0.2) is 0 Å². The van der Waals surface area contributed by atoms with Crippen LogP contribution in [0.3, 0.4) is 0 Å². The van der Waals surface area contributed by atoms with Crippen molar-refractivity contribution in [2.45, 2.75) is 26.3 Å². The van der Waals surface area contributed by atoms with Crippen LogP contribution in [0.4, 0.5) is 5.82 Å². The number of nitrogens with zero attached hydrogens (tertiary/aromatic N) is 1. The van der Waals surface area contributed by atoms with Gasteiger partial charge in [0.2, 0.25) is 0 Å². The maximum atomic E-state index is 11.6. The number of nitrogens with one attached hydrogen (secondary N) is 2. The zero-order valence-corrected chi connectivity index (χ0v) is 20.1. The highest BCUT2D eigenvalue weighted by Gasteiger charge is 2.11. The first-order valence-corrected chi connectivity index (χ1v) is 11.5. The third-order valence-electron chi connectivity index (χ3n) is 5.98. The molecule has 0 spiro atoms. The molecular weight excluding hydrogens is 438 g/mol. The Morgan fingerprint density at radius 3 is 2.17 bits per heavy atom. The molecule has 4 aromatic rings. The summed E-state index contributed by atoms with van der Waals surface area (Å²) in [4.78, 5) is 16.3. The Hall–Kier alpha value is -4.16. The summed E-state index contributed by atoms with van der Waals surface area (Å²) < 4.78 is 5.32. The molecule has 3 N–H and O–H groups in total. The number of carbonyl (C=O) groups excluding carboxylic acids is 1. The third-order valence-corrected chi connectivity index (χ3v) is 5.98. The Morgan fingerprint density at radius 2 is 1.57 bits per heavy atom. The zero-order valence-electron chi connectivity index (χ0n) is 20.1. The lowest BCUT2D eigenvalue weighted by atomic mass is 9.97. The number of amides is 1. The number of ether oxygens (including phenoxy) is 1. The van der Waals surface area contributed by atoms with Crippen LogP contribution in [0.2, 0.25) is 0 Å². The van der Waals surface area contributed by atoms with Gasteiger partial charge in [-0.25, -0.2) is 10.5 Å². The number of anilines is 1. The summed E-state index contributed by atoms with van der Waals surface area (Å²) in [5, 5.41) is 12.2. The molecule has 6 nitrogen and oxygen atoms in total. The summed E-state index contributed by atoms with van der Waals surface area (Å²) in [6.07, 6.45) is 1.88. The fraction of sp³-hybridized carbons (Fsp3) is 0.172. The topological polar surface area (TPSA) is 83.5 Å². The van der Waals surface area contributed by atoms with Gasteiger partial charge in [-0.1, -0.05) is 62.4 Å². The van der Waals surface area contributed by atoms with Gasteiger partial charge >= 0.3 is 0 Å². The molecule has 6 heteroatoms. The Bertz CT molecular complexity index is 1280. The summed E-state index contributed by atoms with van der Waals surface area (Å²) in [6.45, 7) is 4.90. The normalized spacial score (nSPS) is 10.8. The van der Waals surface area contributed by atoms with E-state index in [-0.39, 0.29) is 0 Å². The highest BCUT2D eigenvalue weighted by Crippen LogP contribution is 2.33. The maximum absolute atomic E-state index is 11.6. The predicted octanol–water partition coefficient (Wildman–Crippen LogP) is 6.28. The van der Waals surface area contributed by atoms with Gasteiger partial charge in [0.05, 0.1) is 7.11 Å². The molecule has 1 heterocycles. The van der Waals surface area contributed by atoms with E-state index in [0.717, 1.165) is 39.4 Å². The zero-order chi connectivity index (χ0) is 24.8. The molecule has 0 aliphatic heterocycles. The smallest absolute Gasteiger partial charge is 0.274 e. The molecule has 178 valence electrons. The van der Waals surface area contributed by atoms with Gasteiger partial charge < -0.3 is 10.1 Å². The molecule has 4 rings (SSSR count). The third kappa shape index (κ3) is 5.67. The van der Waals surface area contributed by atoms with Gasteiger partial charge in [-0.05, 0) is 58.5 Å². The predicted molar refractivity (Wildman–Crippen MR) is 139 cm³/mol. The largest absolute Gasteiger partial charge is 0.497 e. The Balaban J connectivity index is 1.64. The van der Waals surface area contributed by atoms with Crippen LogP contribution >= 0.6 is 0 Å². The first-order chi connectivity index (χ1) is 17.0. The van der Waals surface area contributed by atoms with Crippen molar-refractivity contribution in [3.05, 3.63) is 102 Å². The Morgan fingerprint density at radius 1 is 0.914 bits per heavy atom. The molecule has 1 amide bonds. The lowest BCUT2D eigenvalue weighted by molar-refractivity contribution is 0.0706. The first kappa shape index (κ1) is 24.0. The van der Waals surface area contributed by atoms with Crippen molar-refractivity contribution >= 4 is 11.7 Å². The van der Waals surface area contributed by atoms with E-state index in [2.05, 4.69) is 49.5 Å². The summed E-state index contributed by atoms with van der Waals surface area (Å²) >= 11 is 0. The van der Waals surface area contributed by atoms with E-state index in [0.29, 0.717) is 18.0 Å². The molecule has 0 fully saturated rings. The number of hydrogen-bond donors (Lipinski definition) is 3. The van der Waals surface area contributed by atoms with Gasteiger partial charge in [-0.15, -0.1) is 0 Å². The number of benzene rings is 3. The monoisotopic (exact) mass is 467 g/mol. The van der Waals surface area contributed by atoms with Crippen LogP contribution in [0.25, 0.3) is 22.3 Å². The van der Waals surface area contributed by atoms with Crippen LogP contribution in [-0.4, -0.2) is 23.2 Å². The number of pyridine rings is 1. The first-order valence-electron chi connectivity index (χ1n) is 11.5. The van der Waals surface area contributed by atoms with Gasteiger partial charge in [0.1, 0.15) is 11.6 Å². The minimum Gasteiger partial charge on any atom is -0.497 e. The molecule has 1 aromatic heterocycles. The second kappa shape index (κ2) is 10.8. The quantitative estimate of drug-likeness (QED) is 0.210. The SMILES string of the molecule is COc1ccc(-c2cc(-c3ccc(C(C)C)cc3)cnc2NCc2ccc(C(=O)NO)cc2)cc1. The van der Waals surface area contributed by atoms with Crippen LogP contribution in [0.5, 0.6) is 5.75 Å². The molecule has 35 heavy (non-hydrogen) atoms. The van der Waals surface area contributed by atoms with Gasteiger partial charge in [0, 0.05) is 29.4 Å². The number of aromatic nitrogens is 1. The van der Waals surface area contributed by atoms with E-state index in [1.165, 1.54) is 5.56 Å². The standard InChI is InChI=1S/C29H29N3O3/c1-19(2)21-8-10-22(11-9-21)25-16-27(23-12-14-26(35-3)15-13-23)28(31-18-25)30-17-20-4-6-24(7-5-20)29(33)32-34/h4-16,18-19,34H,17H2,1-3H3,(H,30,31)(H,32,33). The Labute approximate surface area is 205 Å². The molecule has 0 aliphatic rings. The van der Waals surface area contributed by atoms with Crippen LogP contribution < -0.4 is 15.5 Å². The number of carbonyl (C=O) groups is 1. The second-order valence-corrected chi connectivity index (χ2v) is 8.62. The van der Waals surface area contributed by atoms with Crippen molar-refractivity contribution in [2.75, 3.05) is 12.4 Å². The number of methoxy groups -OCH3 is 1. The van der Waals surface area contributed by atoms with E-state index in [1.807, 2.05) is 42.6 Å². The average Bonchev–Trinajstić information content (AvgIpc) is 2.91. The minimum atomic E-state index is -0.537. The summed E-state index contributed by atoms with van der Waals surface area (Å²) in [5.41, 5.74) is 8.48. The molecule has 0 unspecified atom stereocenters. The van der Waals surface area contributed by atoms with Crippen molar-refractivity contribution in [3.8, 4) is 28.0 Å². The van der Waals surface area contributed by atoms with Crippen LogP contribution in [0.15, 0.2) is 85.1 Å². The van der Waals surface area contributed by atoms with Crippen LogP contribution in [0, 0.1) is 0 Å². The number of hydrogen-bond acceptors (Lipinski definition) is 5. The highest BCUT2D eigenvalue weighted by molar-refractivity contribution is 5.93. The summed E-state index contributed by atoms with van der Waals surface area (Å²) in [7, 11) is 1.65. The van der Waals surface area contributed by atoms with E-state index >= 15 is 0 Å². The average molecular weight is 468 g/mol. The van der Waals surface area contributed by atoms with Gasteiger partial charge in [-0.3, -0.25) is 10.0 Å². The van der Waals surface area contributed by atoms with Crippen molar-refractivity contribution in [2.24, 2.45) is 0 Å². The maximum Gasteiger partial charge on any atom is 0.274 e. The van der Waals surface area contributed by atoms with Crippen LogP contribution in [0.1, 0.15) is 41.3 Å². The van der Waals surface area contributed by atoms with Gasteiger partial charge in [0.25, 0.3) is 5.91 Å². The second-order valence-electron chi connectivity index (χ2n) is 8.62. The molecule has 0 atom stereocenters. The molecule has 0 saturated heterocycles. The Kier molecular flexibility index (Phi) is 7.43. The minimum absolute atomic E-state index is 0.390. The fourth-order valence-corrected chi connectivity index (χ4v) is 3.84. The summed E-state index contributed by atoms with van der Waals surface area (Å²) in [6, 6.07) is 25.7. The van der Waals surface area contributed by atoms with Crippen molar-refractivity contribution in [3.63, 3.8) is 0 Å². The van der Waals surface area contributed by atoms with E-state index < -0.39 is 5.91 Å². The van der Waals surface area contributed by atoms with E-state index in [1.54, 1.807) is 24.7 Å². The van der Waals surface area contributed by atoms with Crippen molar-refractivity contribution in [1.82, 2.24) is 10.5 Å². The molecule has 0 radical (unpaired) electrons. The molecule has 3 aromatic carbocycles. The van der Waals surface area contributed by atoms with Crippen molar-refractivity contribution < 1.29 is 14.7 Å². The number of hydroxylamine groups is 1. The lowest BCUT2D eigenvalue weighted by Crippen LogP contribution is -2.18. The highest BCUT2D eigenvalue weighted by atomic mass is 16.5. The fourth-order valence-electron chi connectivity index (χ4n) is 3.84. The summed E-state index contributed by atoms with van der Waals surface area (Å²) in [5.74, 6) is 1.50. The van der Waals surface area contributed by atoms with Gasteiger partial charge in [-0.2, -0.15) is 0 Å². The molecule has 0 bridgehead atoms. The van der Waals surface area contributed by atoms with Crippen LogP contribution in [-0.2, 0) is 6.54 Å². The van der Waals surface area contributed by atoms with E-state index in [4.69, 9.17) is 14.9 Å². The lowest BCUT2D eigenvalue weighted by Gasteiger charge is -2.14. The van der Waals surface area contributed by atoms with E-state index in [9.17, 15) is 4.79 Å². The molecular formula is C29H29N3O3. The number of rotatable bonds is 8. The molecule has 0 aliphatic carbocycles. The molecule has 0 saturated carbocycles. The van der Waals surface area contributed by atoms with Crippen molar-refractivity contribution in [1.29, 1.82) is 0 Å².